The van der Waals surface area contributed by atoms with Crippen molar-refractivity contribution in [1.29, 1.82) is 5.26 Å². The van der Waals surface area contributed by atoms with Crippen LogP contribution >= 0.6 is 0 Å². The van der Waals surface area contributed by atoms with Crippen LogP contribution in [0.3, 0.4) is 0 Å². The molecule has 1 aliphatic heterocycles. The van der Waals surface area contributed by atoms with Gasteiger partial charge in [0, 0.05) is 25.2 Å². The molecule has 3 rings (SSSR count). The molecule has 25 heavy (non-hydrogen) atoms. The van der Waals surface area contributed by atoms with Crippen molar-refractivity contribution in [1.82, 2.24) is 9.97 Å². The summed E-state index contributed by atoms with van der Waals surface area (Å²) < 4.78 is 19.5. The molecule has 7 nitrogen and oxygen atoms in total. The van der Waals surface area contributed by atoms with E-state index in [4.69, 9.17) is 10.00 Å². The highest BCUT2D eigenvalue weighted by molar-refractivity contribution is 5.68. The number of phenolic OH excluding ortho intramolecular Hbond substituents is 1. The summed E-state index contributed by atoms with van der Waals surface area (Å²) in [6, 6.07) is 6.04. The van der Waals surface area contributed by atoms with Gasteiger partial charge in [0.1, 0.15) is 29.0 Å². The van der Waals surface area contributed by atoms with Crippen LogP contribution in [0.1, 0.15) is 12.5 Å². The van der Waals surface area contributed by atoms with Crippen molar-refractivity contribution < 1.29 is 14.2 Å². The van der Waals surface area contributed by atoms with E-state index in [9.17, 15) is 9.50 Å². The molecule has 0 unspecified atom stereocenters. The molecule has 8 heteroatoms. The summed E-state index contributed by atoms with van der Waals surface area (Å²) >= 11 is 0. The Bertz CT molecular complexity index is 813. The minimum absolute atomic E-state index is 0.146. The normalized spacial score (nSPS) is 17.2. The molecule has 0 aliphatic carbocycles. The SMILES string of the molecule is CNc1nc(-c2cc(O)c(C#N)c(F)c2)cc(N2CCOC[C@H]2C)n1. The zero-order valence-electron chi connectivity index (χ0n) is 14.0. The smallest absolute Gasteiger partial charge is 0.224 e. The third-order valence-electron chi connectivity index (χ3n) is 4.08. The standard InChI is InChI=1S/C17H18FN5O2/c1-10-9-25-4-3-23(10)16-7-14(21-17(20-2)22-16)11-5-13(18)12(8-19)15(24)6-11/h5-7,10,24H,3-4,9H2,1-2H3,(H,20,21,22)/t10-/m1/s1. The van der Waals surface area contributed by atoms with Gasteiger partial charge in [0.25, 0.3) is 0 Å². The van der Waals surface area contributed by atoms with E-state index in [0.29, 0.717) is 42.8 Å². The van der Waals surface area contributed by atoms with Crippen molar-refractivity contribution in [2.75, 3.05) is 37.0 Å². The number of aromatic nitrogens is 2. The lowest BCUT2D eigenvalue weighted by molar-refractivity contribution is 0.0985. The number of morpholine rings is 1. The molecule has 1 aromatic carbocycles. The lowest BCUT2D eigenvalue weighted by Crippen LogP contribution is -2.44. The summed E-state index contributed by atoms with van der Waals surface area (Å²) in [5.74, 6) is -0.128. The lowest BCUT2D eigenvalue weighted by Gasteiger charge is -2.34. The van der Waals surface area contributed by atoms with Gasteiger partial charge in [-0.25, -0.2) is 9.37 Å². The number of rotatable bonds is 3. The van der Waals surface area contributed by atoms with Crippen molar-refractivity contribution in [2.24, 2.45) is 0 Å². The van der Waals surface area contributed by atoms with Crippen LogP contribution in [0.4, 0.5) is 16.2 Å². The topological polar surface area (TPSA) is 94.3 Å². The van der Waals surface area contributed by atoms with E-state index in [0.717, 1.165) is 0 Å². The highest BCUT2D eigenvalue weighted by Gasteiger charge is 2.22. The number of phenols is 1. The zero-order valence-corrected chi connectivity index (χ0v) is 14.0. The molecule has 1 atom stereocenters. The monoisotopic (exact) mass is 343 g/mol. The van der Waals surface area contributed by atoms with Crippen LogP contribution in [-0.4, -0.2) is 47.9 Å². The molecule has 1 aromatic heterocycles. The Morgan fingerprint density at radius 1 is 1.40 bits per heavy atom. The minimum Gasteiger partial charge on any atom is -0.506 e. The Labute approximate surface area is 144 Å². The molecule has 0 radical (unpaired) electrons. The molecule has 2 heterocycles. The maximum Gasteiger partial charge on any atom is 0.224 e. The fourth-order valence-electron chi connectivity index (χ4n) is 2.76. The first-order valence-corrected chi connectivity index (χ1v) is 7.87. The summed E-state index contributed by atoms with van der Waals surface area (Å²) in [5.41, 5.74) is 0.440. The van der Waals surface area contributed by atoms with Gasteiger partial charge in [0.15, 0.2) is 0 Å². The maximum absolute atomic E-state index is 14.0. The minimum atomic E-state index is -0.789. The number of hydrogen-bond acceptors (Lipinski definition) is 7. The molecule has 1 fully saturated rings. The molecule has 2 aromatic rings. The van der Waals surface area contributed by atoms with Crippen molar-refractivity contribution >= 4 is 11.8 Å². The number of aromatic hydroxyl groups is 1. The van der Waals surface area contributed by atoms with Crippen molar-refractivity contribution in [3.63, 3.8) is 0 Å². The van der Waals surface area contributed by atoms with Crippen LogP contribution in [0.25, 0.3) is 11.3 Å². The van der Waals surface area contributed by atoms with Crippen molar-refractivity contribution in [3.05, 3.63) is 29.6 Å². The highest BCUT2D eigenvalue weighted by atomic mass is 19.1. The van der Waals surface area contributed by atoms with Gasteiger partial charge in [0.2, 0.25) is 5.95 Å². The number of nitrogens with zero attached hydrogens (tertiary/aromatic N) is 4. The summed E-state index contributed by atoms with van der Waals surface area (Å²) in [4.78, 5) is 10.9. The zero-order chi connectivity index (χ0) is 18.0. The largest absolute Gasteiger partial charge is 0.506 e. The Morgan fingerprint density at radius 2 is 2.20 bits per heavy atom. The Morgan fingerprint density at radius 3 is 2.84 bits per heavy atom. The number of benzene rings is 1. The second-order valence-electron chi connectivity index (χ2n) is 5.77. The summed E-state index contributed by atoms with van der Waals surface area (Å²) in [6.45, 7) is 3.92. The molecular weight excluding hydrogens is 325 g/mol. The van der Waals surface area contributed by atoms with E-state index in [-0.39, 0.29) is 11.6 Å². The van der Waals surface area contributed by atoms with Gasteiger partial charge in [0.05, 0.1) is 24.9 Å². The second kappa shape index (κ2) is 6.91. The first-order valence-electron chi connectivity index (χ1n) is 7.87. The predicted octanol–water partition coefficient (Wildman–Crippen LogP) is 2.13. The van der Waals surface area contributed by atoms with Crippen LogP contribution in [-0.2, 0) is 4.74 Å². The summed E-state index contributed by atoms with van der Waals surface area (Å²) in [7, 11) is 1.70. The molecule has 0 bridgehead atoms. The quantitative estimate of drug-likeness (QED) is 0.881. The first kappa shape index (κ1) is 16.9. The van der Waals surface area contributed by atoms with E-state index < -0.39 is 11.6 Å². The Kier molecular flexibility index (Phi) is 4.67. The van der Waals surface area contributed by atoms with Gasteiger partial charge >= 0.3 is 0 Å². The molecule has 1 saturated heterocycles. The maximum atomic E-state index is 14.0. The van der Waals surface area contributed by atoms with Crippen LogP contribution < -0.4 is 10.2 Å². The third-order valence-corrected chi connectivity index (χ3v) is 4.08. The Hall–Kier alpha value is -2.92. The van der Waals surface area contributed by atoms with Crippen molar-refractivity contribution in [2.45, 2.75) is 13.0 Å². The molecule has 0 amide bonds. The number of halogens is 1. The summed E-state index contributed by atoms with van der Waals surface area (Å²) in [5, 5.41) is 21.6. The van der Waals surface area contributed by atoms with Gasteiger partial charge in [-0.3, -0.25) is 0 Å². The van der Waals surface area contributed by atoms with Crippen LogP contribution in [0.15, 0.2) is 18.2 Å². The number of nitriles is 1. The van der Waals surface area contributed by atoms with E-state index >= 15 is 0 Å². The lowest BCUT2D eigenvalue weighted by atomic mass is 10.1. The summed E-state index contributed by atoms with van der Waals surface area (Å²) in [6.07, 6.45) is 0. The molecule has 0 spiro atoms. The fraction of sp³-hybridized carbons (Fsp3) is 0.353. The second-order valence-corrected chi connectivity index (χ2v) is 5.77. The number of anilines is 2. The number of ether oxygens (including phenoxy) is 1. The molecule has 0 saturated carbocycles. The molecular formula is C17H18FN5O2. The first-order chi connectivity index (χ1) is 12.0. The van der Waals surface area contributed by atoms with Gasteiger partial charge in [-0.05, 0) is 19.1 Å². The van der Waals surface area contributed by atoms with E-state index in [1.165, 1.54) is 12.1 Å². The fourth-order valence-corrected chi connectivity index (χ4v) is 2.76. The van der Waals surface area contributed by atoms with Crippen molar-refractivity contribution in [3.8, 4) is 23.1 Å². The highest BCUT2D eigenvalue weighted by Crippen LogP contribution is 2.30. The van der Waals surface area contributed by atoms with Gasteiger partial charge in [-0.1, -0.05) is 0 Å². The molecule has 130 valence electrons. The Balaban J connectivity index is 2.08. The third kappa shape index (κ3) is 3.32. The average molecular weight is 343 g/mol. The van der Waals surface area contributed by atoms with E-state index in [1.54, 1.807) is 19.2 Å². The van der Waals surface area contributed by atoms with E-state index in [2.05, 4.69) is 20.2 Å². The number of hydrogen-bond donors (Lipinski definition) is 2. The van der Waals surface area contributed by atoms with Gasteiger partial charge in [-0.15, -0.1) is 0 Å². The van der Waals surface area contributed by atoms with Crippen LogP contribution in [0.5, 0.6) is 5.75 Å². The molecule has 1 aliphatic rings. The number of nitrogens with one attached hydrogen (secondary N) is 1. The predicted molar refractivity (Wildman–Crippen MR) is 91.0 cm³/mol. The van der Waals surface area contributed by atoms with Gasteiger partial charge < -0.3 is 20.1 Å². The van der Waals surface area contributed by atoms with Crippen LogP contribution in [0, 0.1) is 17.1 Å². The van der Waals surface area contributed by atoms with Gasteiger partial charge in [-0.2, -0.15) is 10.2 Å². The average Bonchev–Trinajstić information content (AvgIpc) is 2.61. The van der Waals surface area contributed by atoms with E-state index in [1.807, 2.05) is 6.92 Å². The molecule has 2 N–H and O–H groups in total. The van der Waals surface area contributed by atoms with Crippen LogP contribution in [0.2, 0.25) is 0 Å².